The van der Waals surface area contributed by atoms with Crippen molar-refractivity contribution in [3.63, 3.8) is 0 Å². The third-order valence-electron chi connectivity index (χ3n) is 5.53. The largest absolute Gasteiger partial charge is 0.490 e. The Morgan fingerprint density at radius 3 is 2.05 bits per heavy atom. The van der Waals surface area contributed by atoms with Crippen LogP contribution in [0.25, 0.3) is 0 Å². The average Bonchev–Trinajstić information content (AvgIpc) is 2.77. The van der Waals surface area contributed by atoms with Gasteiger partial charge < -0.3 is 19.8 Å². The summed E-state index contributed by atoms with van der Waals surface area (Å²) < 4.78 is 69.4. The fraction of sp³-hybridized carbons (Fsp3) is 0.636. The maximum absolute atomic E-state index is 12.5. The van der Waals surface area contributed by atoms with Crippen molar-refractivity contribution in [2.24, 2.45) is 11.8 Å². The number of carboxylic acid groups (broad SMARTS) is 2. The number of carbonyl (C=O) groups excluding carboxylic acids is 1. The van der Waals surface area contributed by atoms with Crippen molar-refractivity contribution in [2.75, 3.05) is 33.8 Å². The molecule has 15 heteroatoms. The van der Waals surface area contributed by atoms with Crippen molar-refractivity contribution >= 4 is 17.8 Å². The molecule has 3 rings (SSSR count). The highest BCUT2D eigenvalue weighted by Gasteiger charge is 2.42. The smallest absolute Gasteiger partial charge is 0.475 e. The number of piperidine rings is 1. The molecule has 2 aliphatic rings. The van der Waals surface area contributed by atoms with Crippen LogP contribution >= 0.6 is 0 Å². The summed E-state index contributed by atoms with van der Waals surface area (Å²) in [6.45, 7) is 5.53. The maximum Gasteiger partial charge on any atom is 0.490 e. The number of aryl methyl sites for hydroxylation is 1. The number of pyridine rings is 1. The van der Waals surface area contributed by atoms with E-state index in [1.165, 1.54) is 0 Å². The number of ether oxygens (including phenoxy) is 1. The average molecular weight is 545 g/mol. The highest BCUT2D eigenvalue weighted by Crippen LogP contribution is 2.34. The summed E-state index contributed by atoms with van der Waals surface area (Å²) in [5.41, 5.74) is 2.16. The van der Waals surface area contributed by atoms with Crippen molar-refractivity contribution in [2.45, 2.75) is 44.8 Å². The first-order chi connectivity index (χ1) is 16.9. The van der Waals surface area contributed by atoms with Gasteiger partial charge in [0.05, 0.1) is 11.8 Å². The van der Waals surface area contributed by atoms with E-state index in [1.54, 1.807) is 4.90 Å². The number of nitrogens with zero attached hydrogens (tertiary/aromatic N) is 3. The lowest BCUT2D eigenvalue weighted by Gasteiger charge is -2.45. The van der Waals surface area contributed by atoms with E-state index >= 15 is 0 Å². The zero-order valence-electron chi connectivity index (χ0n) is 20.3. The summed E-state index contributed by atoms with van der Waals surface area (Å²) in [5.74, 6) is -4.87. The van der Waals surface area contributed by atoms with Crippen molar-refractivity contribution in [3.8, 4) is 0 Å². The number of likely N-dealkylation sites (tertiary alicyclic amines) is 1. The molecule has 0 spiro atoms. The van der Waals surface area contributed by atoms with Crippen LogP contribution in [0.2, 0.25) is 0 Å². The number of carboxylic acids is 2. The van der Waals surface area contributed by atoms with Crippen LogP contribution in [0.3, 0.4) is 0 Å². The Morgan fingerprint density at radius 1 is 1.05 bits per heavy atom. The van der Waals surface area contributed by atoms with E-state index in [-0.39, 0.29) is 17.9 Å². The fourth-order valence-corrected chi connectivity index (χ4v) is 3.88. The standard InChI is InChI=1S/C18H27N3O2.2C2HF3O2/c1-13-5-4-6-14(19-13)11-21-9-7-17-16(12-21)15(8-10-23-17)18(22)20(2)3;2*3-2(4,5)1(6)7/h4-6,15-17H,7-12H2,1-3H3;2*(H,6,7)/t15-,16+,17-;;/m0../s1. The Bertz CT molecular complexity index is 901. The van der Waals surface area contributed by atoms with Gasteiger partial charge in [-0.1, -0.05) is 6.07 Å². The van der Waals surface area contributed by atoms with Crippen LogP contribution in [0.4, 0.5) is 26.3 Å². The van der Waals surface area contributed by atoms with Crippen LogP contribution < -0.4 is 0 Å². The lowest BCUT2D eigenvalue weighted by atomic mass is 9.78. The van der Waals surface area contributed by atoms with Crippen LogP contribution in [0, 0.1) is 18.8 Å². The number of hydrogen-bond donors (Lipinski definition) is 2. The molecule has 1 aromatic heterocycles. The summed E-state index contributed by atoms with van der Waals surface area (Å²) in [6, 6.07) is 6.17. The van der Waals surface area contributed by atoms with E-state index in [9.17, 15) is 31.1 Å². The van der Waals surface area contributed by atoms with E-state index in [4.69, 9.17) is 24.5 Å². The Morgan fingerprint density at radius 2 is 1.59 bits per heavy atom. The van der Waals surface area contributed by atoms with Crippen LogP contribution in [-0.4, -0.2) is 95.1 Å². The molecule has 2 saturated heterocycles. The van der Waals surface area contributed by atoms with Gasteiger partial charge in [-0.2, -0.15) is 26.3 Å². The lowest BCUT2D eigenvalue weighted by molar-refractivity contribution is -0.193. The minimum atomic E-state index is -5.08. The molecule has 9 nitrogen and oxygen atoms in total. The molecule has 3 heterocycles. The third-order valence-corrected chi connectivity index (χ3v) is 5.53. The molecule has 0 radical (unpaired) electrons. The zero-order chi connectivity index (χ0) is 28.6. The molecule has 0 saturated carbocycles. The van der Waals surface area contributed by atoms with Gasteiger partial charge in [-0.05, 0) is 31.9 Å². The number of halogens is 6. The predicted octanol–water partition coefficient (Wildman–Crippen LogP) is 2.97. The van der Waals surface area contributed by atoms with E-state index in [2.05, 4.69) is 22.0 Å². The monoisotopic (exact) mass is 545 g/mol. The third kappa shape index (κ3) is 10.9. The second kappa shape index (κ2) is 13.6. The van der Waals surface area contributed by atoms with Gasteiger partial charge in [-0.25, -0.2) is 9.59 Å². The number of rotatable bonds is 3. The molecule has 2 N–H and O–H groups in total. The summed E-state index contributed by atoms with van der Waals surface area (Å²) in [7, 11) is 3.70. The number of alkyl halides is 6. The number of aromatic nitrogens is 1. The van der Waals surface area contributed by atoms with E-state index in [1.807, 2.05) is 27.1 Å². The van der Waals surface area contributed by atoms with Crippen LogP contribution in [0.15, 0.2) is 18.2 Å². The van der Waals surface area contributed by atoms with E-state index < -0.39 is 24.3 Å². The maximum atomic E-state index is 12.5. The molecule has 2 aliphatic heterocycles. The van der Waals surface area contributed by atoms with Gasteiger partial charge in [0.15, 0.2) is 0 Å². The molecule has 0 unspecified atom stereocenters. The topological polar surface area (TPSA) is 120 Å². The molecule has 0 aliphatic carbocycles. The minimum Gasteiger partial charge on any atom is -0.475 e. The summed E-state index contributed by atoms with van der Waals surface area (Å²) in [5, 5.41) is 14.2. The second-order valence-corrected chi connectivity index (χ2v) is 8.60. The van der Waals surface area contributed by atoms with E-state index in [0.717, 1.165) is 43.9 Å². The normalized spacial score (nSPS) is 21.8. The number of amides is 1. The summed E-state index contributed by atoms with van der Waals surface area (Å²) in [6.07, 6.45) is -8.08. The van der Waals surface area contributed by atoms with Crippen molar-refractivity contribution in [3.05, 3.63) is 29.6 Å². The number of aliphatic carboxylic acids is 2. The Hall–Kier alpha value is -2.94. The van der Waals surface area contributed by atoms with Gasteiger partial charge in [0.2, 0.25) is 5.91 Å². The molecule has 1 amide bonds. The minimum absolute atomic E-state index is 0.0945. The van der Waals surface area contributed by atoms with Gasteiger partial charge in [0.25, 0.3) is 0 Å². The molecular formula is C22H29F6N3O6. The van der Waals surface area contributed by atoms with Crippen molar-refractivity contribution in [1.29, 1.82) is 0 Å². The quantitative estimate of drug-likeness (QED) is 0.557. The van der Waals surface area contributed by atoms with Gasteiger partial charge in [0, 0.05) is 57.9 Å². The van der Waals surface area contributed by atoms with Crippen LogP contribution in [-0.2, 0) is 25.7 Å². The number of hydrogen-bond acceptors (Lipinski definition) is 6. The van der Waals surface area contributed by atoms with Gasteiger partial charge in [-0.15, -0.1) is 0 Å². The fourth-order valence-electron chi connectivity index (χ4n) is 3.88. The molecule has 1 aromatic rings. The lowest BCUT2D eigenvalue weighted by Crippen LogP contribution is -2.53. The first kappa shape index (κ1) is 32.1. The molecule has 3 atom stereocenters. The van der Waals surface area contributed by atoms with Gasteiger partial charge in [0.1, 0.15) is 0 Å². The van der Waals surface area contributed by atoms with Gasteiger partial charge in [-0.3, -0.25) is 14.7 Å². The number of fused-ring (bicyclic) bond motifs is 1. The van der Waals surface area contributed by atoms with Crippen molar-refractivity contribution < 1.29 is 55.7 Å². The summed E-state index contributed by atoms with van der Waals surface area (Å²) >= 11 is 0. The zero-order valence-corrected chi connectivity index (χ0v) is 20.3. The molecule has 0 aromatic carbocycles. The van der Waals surface area contributed by atoms with Crippen LogP contribution in [0.1, 0.15) is 24.2 Å². The first-order valence-corrected chi connectivity index (χ1v) is 11.0. The Kier molecular flexibility index (Phi) is 11.8. The SMILES string of the molecule is Cc1cccc(CN2CC[C@@H]3OCC[C@H](C(=O)N(C)C)[C@H]3C2)n1.O=C(O)C(F)(F)F.O=C(O)C(F)(F)F. The van der Waals surface area contributed by atoms with Crippen molar-refractivity contribution in [1.82, 2.24) is 14.8 Å². The van der Waals surface area contributed by atoms with Gasteiger partial charge >= 0.3 is 24.3 Å². The highest BCUT2D eigenvalue weighted by molar-refractivity contribution is 5.78. The molecular weight excluding hydrogens is 516 g/mol. The Labute approximate surface area is 209 Å². The molecule has 0 bridgehead atoms. The second-order valence-electron chi connectivity index (χ2n) is 8.60. The van der Waals surface area contributed by atoms with E-state index in [0.29, 0.717) is 12.5 Å². The van der Waals surface area contributed by atoms with Crippen LogP contribution in [0.5, 0.6) is 0 Å². The Balaban J connectivity index is 0.000000404. The molecule has 2 fully saturated rings. The number of carbonyl (C=O) groups is 3. The predicted molar refractivity (Wildman–Crippen MR) is 116 cm³/mol. The molecule has 37 heavy (non-hydrogen) atoms. The summed E-state index contributed by atoms with van der Waals surface area (Å²) in [4.78, 5) is 39.1. The highest BCUT2D eigenvalue weighted by atomic mass is 19.4. The first-order valence-electron chi connectivity index (χ1n) is 11.0. The molecule has 210 valence electrons.